The Morgan fingerprint density at radius 3 is 2.40 bits per heavy atom. The molecule has 4 rings (SSSR count). The molecule has 3 aromatic rings. The minimum atomic E-state index is -4.95. The van der Waals surface area contributed by atoms with Crippen LogP contribution in [-0.4, -0.2) is 38.4 Å². The van der Waals surface area contributed by atoms with Crippen LogP contribution in [0.4, 0.5) is 13.2 Å². The zero-order valence-electron chi connectivity index (χ0n) is 16.7. The van der Waals surface area contributed by atoms with Gasteiger partial charge in [-0.3, -0.25) is 4.68 Å². The lowest BCUT2D eigenvalue weighted by Gasteiger charge is -2.29. The highest BCUT2D eigenvalue weighted by Gasteiger charge is 2.61. The van der Waals surface area contributed by atoms with Crippen LogP contribution < -0.4 is 4.74 Å². The van der Waals surface area contributed by atoms with Crippen molar-refractivity contribution in [2.24, 2.45) is 7.05 Å². The van der Waals surface area contributed by atoms with Crippen molar-refractivity contribution >= 4 is 0 Å². The standard InChI is InChI=1S/C22H21F3N2O3/c1-20(2,28)12-30-14-8-16(13-10-26-27(3)11-13)19-15-6-4-5-7-17(15)21(29,18(19)9-14)22(23,24)25/h4-11,28-29H,12H2,1-3H3/t21-/m1/s1. The van der Waals surface area contributed by atoms with Crippen molar-refractivity contribution in [3.8, 4) is 28.0 Å². The second-order valence-corrected chi connectivity index (χ2v) is 8.15. The Morgan fingerprint density at radius 2 is 1.80 bits per heavy atom. The molecule has 0 amide bonds. The first-order valence-electron chi connectivity index (χ1n) is 9.33. The third kappa shape index (κ3) is 3.16. The van der Waals surface area contributed by atoms with E-state index in [1.165, 1.54) is 32.0 Å². The van der Waals surface area contributed by atoms with E-state index in [1.807, 2.05) is 0 Å². The predicted octanol–water partition coefficient (Wildman–Crippen LogP) is 4.02. The maximum atomic E-state index is 14.2. The number of fused-ring (bicyclic) bond motifs is 3. The van der Waals surface area contributed by atoms with Crippen LogP contribution in [0.25, 0.3) is 22.3 Å². The number of alkyl halides is 3. The summed E-state index contributed by atoms with van der Waals surface area (Å²) >= 11 is 0. The number of hydrogen-bond donors (Lipinski definition) is 2. The van der Waals surface area contributed by atoms with E-state index < -0.39 is 17.4 Å². The van der Waals surface area contributed by atoms with E-state index in [0.717, 1.165) is 0 Å². The van der Waals surface area contributed by atoms with E-state index in [-0.39, 0.29) is 29.0 Å². The summed E-state index contributed by atoms with van der Waals surface area (Å²) in [5, 5.41) is 25.1. The lowest BCUT2D eigenvalue weighted by molar-refractivity contribution is -0.246. The number of aliphatic hydroxyl groups is 2. The highest BCUT2D eigenvalue weighted by atomic mass is 19.4. The van der Waals surface area contributed by atoms with E-state index in [0.29, 0.717) is 16.7 Å². The average molecular weight is 418 g/mol. The number of aryl methyl sites for hydroxylation is 1. The minimum Gasteiger partial charge on any atom is -0.491 e. The molecule has 8 heteroatoms. The van der Waals surface area contributed by atoms with Gasteiger partial charge < -0.3 is 14.9 Å². The van der Waals surface area contributed by atoms with E-state index in [9.17, 15) is 23.4 Å². The van der Waals surface area contributed by atoms with Crippen molar-refractivity contribution < 1.29 is 28.1 Å². The second kappa shape index (κ2) is 6.58. The van der Waals surface area contributed by atoms with Gasteiger partial charge in [0, 0.05) is 29.9 Å². The van der Waals surface area contributed by atoms with Crippen LogP contribution in [0.5, 0.6) is 5.75 Å². The number of aromatic nitrogens is 2. The summed E-state index contributed by atoms with van der Waals surface area (Å²) < 4.78 is 49.8. The first kappa shape index (κ1) is 20.4. The molecule has 1 atom stereocenters. The number of nitrogens with zero attached hydrogens (tertiary/aromatic N) is 2. The van der Waals surface area contributed by atoms with Gasteiger partial charge in [-0.05, 0) is 42.7 Å². The molecule has 1 aromatic heterocycles. The fourth-order valence-corrected chi connectivity index (χ4v) is 3.79. The molecular weight excluding hydrogens is 397 g/mol. The van der Waals surface area contributed by atoms with Gasteiger partial charge in [0.1, 0.15) is 12.4 Å². The van der Waals surface area contributed by atoms with Gasteiger partial charge >= 0.3 is 6.18 Å². The summed E-state index contributed by atoms with van der Waals surface area (Å²) in [6, 6.07) is 8.77. The second-order valence-electron chi connectivity index (χ2n) is 8.15. The monoisotopic (exact) mass is 418 g/mol. The lowest BCUT2D eigenvalue weighted by atomic mass is 9.89. The minimum absolute atomic E-state index is 0.116. The first-order chi connectivity index (χ1) is 13.9. The Labute approximate surface area is 171 Å². The van der Waals surface area contributed by atoms with Crippen LogP contribution in [0.1, 0.15) is 25.0 Å². The molecule has 0 radical (unpaired) electrons. The topological polar surface area (TPSA) is 67.5 Å². The SMILES string of the molecule is Cn1cc(-c2cc(OCC(C)(C)O)cc3c2-c2ccccc2[C@]3(O)C(F)(F)F)cn1. The molecule has 0 saturated carbocycles. The Bertz CT molecular complexity index is 1120. The van der Waals surface area contributed by atoms with Crippen molar-refractivity contribution in [2.75, 3.05) is 6.61 Å². The number of benzene rings is 2. The van der Waals surface area contributed by atoms with Gasteiger partial charge in [-0.25, -0.2) is 0 Å². The smallest absolute Gasteiger partial charge is 0.425 e. The fourth-order valence-electron chi connectivity index (χ4n) is 3.79. The fraction of sp³-hybridized carbons (Fsp3) is 0.318. The van der Waals surface area contributed by atoms with Gasteiger partial charge in [-0.15, -0.1) is 0 Å². The van der Waals surface area contributed by atoms with Gasteiger partial charge in [-0.1, -0.05) is 24.3 Å². The molecule has 5 nitrogen and oxygen atoms in total. The average Bonchev–Trinajstić information content (AvgIpc) is 3.20. The summed E-state index contributed by atoms with van der Waals surface area (Å²) in [5.41, 5.74) is -3.25. The summed E-state index contributed by atoms with van der Waals surface area (Å²) in [6.45, 7) is 2.93. The largest absolute Gasteiger partial charge is 0.491 e. The van der Waals surface area contributed by atoms with Gasteiger partial charge in [0.15, 0.2) is 0 Å². The van der Waals surface area contributed by atoms with Crippen molar-refractivity contribution in [1.82, 2.24) is 9.78 Å². The molecule has 2 aromatic carbocycles. The molecule has 0 unspecified atom stereocenters. The Hall–Kier alpha value is -2.84. The van der Waals surface area contributed by atoms with E-state index in [4.69, 9.17) is 4.74 Å². The van der Waals surface area contributed by atoms with Crippen LogP contribution in [0.2, 0.25) is 0 Å². The molecule has 0 bridgehead atoms. The third-order valence-electron chi connectivity index (χ3n) is 5.11. The summed E-state index contributed by atoms with van der Waals surface area (Å²) in [4.78, 5) is 0. The van der Waals surface area contributed by atoms with E-state index in [1.54, 1.807) is 42.3 Å². The quantitative estimate of drug-likeness (QED) is 0.672. The highest BCUT2D eigenvalue weighted by molar-refractivity contribution is 5.93. The number of halogens is 3. The Balaban J connectivity index is 2.02. The summed E-state index contributed by atoms with van der Waals surface area (Å²) in [7, 11) is 1.71. The van der Waals surface area contributed by atoms with Crippen LogP contribution >= 0.6 is 0 Å². The number of ether oxygens (including phenoxy) is 1. The van der Waals surface area contributed by atoms with Gasteiger partial charge in [0.25, 0.3) is 0 Å². The van der Waals surface area contributed by atoms with Gasteiger partial charge in [0.05, 0.1) is 11.8 Å². The zero-order chi connectivity index (χ0) is 21.9. The number of rotatable bonds is 4. The zero-order valence-corrected chi connectivity index (χ0v) is 16.7. The van der Waals surface area contributed by atoms with E-state index >= 15 is 0 Å². The highest BCUT2D eigenvalue weighted by Crippen LogP contribution is 2.58. The maximum absolute atomic E-state index is 14.2. The van der Waals surface area contributed by atoms with Gasteiger partial charge in [0.2, 0.25) is 5.60 Å². The maximum Gasteiger partial charge on any atom is 0.425 e. The first-order valence-corrected chi connectivity index (χ1v) is 9.33. The molecule has 0 fully saturated rings. The van der Waals surface area contributed by atoms with Crippen LogP contribution in [0.15, 0.2) is 48.8 Å². The number of hydrogen-bond acceptors (Lipinski definition) is 4. The summed E-state index contributed by atoms with van der Waals surface area (Å²) in [5.74, 6) is 0.116. The predicted molar refractivity (Wildman–Crippen MR) is 105 cm³/mol. The molecule has 2 N–H and O–H groups in total. The Morgan fingerprint density at radius 1 is 1.10 bits per heavy atom. The molecule has 0 saturated heterocycles. The van der Waals surface area contributed by atoms with E-state index in [2.05, 4.69) is 5.10 Å². The van der Waals surface area contributed by atoms with Crippen LogP contribution in [0, 0.1) is 0 Å². The molecule has 0 aliphatic heterocycles. The molecule has 1 heterocycles. The van der Waals surface area contributed by atoms with Crippen molar-refractivity contribution in [3.05, 3.63) is 59.9 Å². The summed E-state index contributed by atoms with van der Waals surface area (Å²) in [6.07, 6.45) is -1.72. The molecule has 1 aliphatic carbocycles. The lowest BCUT2D eigenvalue weighted by Crippen LogP contribution is -2.41. The molecular formula is C22H21F3N2O3. The molecule has 0 spiro atoms. The van der Waals surface area contributed by atoms with Crippen molar-refractivity contribution in [1.29, 1.82) is 0 Å². The van der Waals surface area contributed by atoms with Gasteiger partial charge in [-0.2, -0.15) is 18.3 Å². The van der Waals surface area contributed by atoms with Crippen LogP contribution in [-0.2, 0) is 12.6 Å². The molecule has 30 heavy (non-hydrogen) atoms. The van der Waals surface area contributed by atoms with Crippen molar-refractivity contribution in [2.45, 2.75) is 31.2 Å². The third-order valence-corrected chi connectivity index (χ3v) is 5.11. The van der Waals surface area contributed by atoms with Crippen LogP contribution in [0.3, 0.4) is 0 Å². The Kier molecular flexibility index (Phi) is 4.48. The molecule has 158 valence electrons. The molecule has 1 aliphatic rings. The van der Waals surface area contributed by atoms with Crippen molar-refractivity contribution in [3.63, 3.8) is 0 Å². The normalized spacial score (nSPS) is 18.3.